The highest BCUT2D eigenvalue weighted by molar-refractivity contribution is 9.10. The molecule has 0 heterocycles. The Morgan fingerprint density at radius 1 is 1.28 bits per heavy atom. The van der Waals surface area contributed by atoms with E-state index in [1.807, 2.05) is 13.0 Å². The third kappa shape index (κ3) is 3.25. The maximum atomic E-state index is 13.5. The van der Waals surface area contributed by atoms with E-state index >= 15 is 0 Å². The number of halogens is 2. The molecule has 18 heavy (non-hydrogen) atoms. The molecule has 0 aliphatic heterocycles. The Hall–Kier alpha value is -0.570. The normalized spacial score (nSPS) is 19.8. The van der Waals surface area contributed by atoms with Gasteiger partial charge in [-0.1, -0.05) is 13.8 Å². The lowest BCUT2D eigenvalue weighted by Gasteiger charge is -2.35. The monoisotopic (exact) mass is 313 g/mol. The molecular formula is C15H21BrFN. The molecule has 1 saturated carbocycles. The van der Waals surface area contributed by atoms with Crippen molar-refractivity contribution >= 4 is 21.6 Å². The lowest BCUT2D eigenvalue weighted by molar-refractivity contribution is 0.232. The molecule has 0 bridgehead atoms. The molecule has 1 aromatic carbocycles. The van der Waals surface area contributed by atoms with Crippen LogP contribution in [0.3, 0.4) is 0 Å². The van der Waals surface area contributed by atoms with Crippen LogP contribution in [0.1, 0.15) is 45.1 Å². The predicted octanol–water partition coefficient (Wildman–Crippen LogP) is 5.28. The van der Waals surface area contributed by atoms with Gasteiger partial charge in [0.15, 0.2) is 0 Å². The molecule has 3 heteroatoms. The quantitative estimate of drug-likeness (QED) is 0.783. The molecule has 0 amide bonds. The van der Waals surface area contributed by atoms with Crippen molar-refractivity contribution in [2.24, 2.45) is 5.41 Å². The summed E-state index contributed by atoms with van der Waals surface area (Å²) in [6.45, 7) is 6.67. The van der Waals surface area contributed by atoms with E-state index in [0.717, 1.165) is 11.3 Å². The van der Waals surface area contributed by atoms with Crippen molar-refractivity contribution in [1.29, 1.82) is 0 Å². The molecule has 1 N–H and O–H groups in total. The summed E-state index contributed by atoms with van der Waals surface area (Å²) in [6.07, 6.45) is 4.82. The van der Waals surface area contributed by atoms with Crippen molar-refractivity contribution in [3.8, 4) is 0 Å². The molecule has 1 nitrogen and oxygen atoms in total. The fourth-order valence-corrected chi connectivity index (χ4v) is 3.02. The topological polar surface area (TPSA) is 12.0 Å². The van der Waals surface area contributed by atoms with Crippen molar-refractivity contribution < 1.29 is 4.39 Å². The van der Waals surface area contributed by atoms with Crippen LogP contribution < -0.4 is 5.32 Å². The van der Waals surface area contributed by atoms with Gasteiger partial charge < -0.3 is 5.32 Å². The fourth-order valence-electron chi connectivity index (χ4n) is 2.57. The molecule has 0 saturated heterocycles. The zero-order valence-electron chi connectivity index (χ0n) is 11.3. The summed E-state index contributed by atoms with van der Waals surface area (Å²) in [5.41, 5.74) is 2.49. The third-order valence-corrected chi connectivity index (χ3v) is 4.57. The molecule has 100 valence electrons. The molecule has 1 aromatic rings. The minimum Gasteiger partial charge on any atom is -0.382 e. The van der Waals surface area contributed by atoms with E-state index in [2.05, 4.69) is 35.1 Å². The van der Waals surface area contributed by atoms with Gasteiger partial charge in [-0.25, -0.2) is 4.39 Å². The van der Waals surface area contributed by atoms with Crippen molar-refractivity contribution in [2.75, 3.05) is 5.32 Å². The van der Waals surface area contributed by atoms with Gasteiger partial charge in [-0.15, -0.1) is 0 Å². The molecule has 0 spiro atoms. The zero-order valence-corrected chi connectivity index (χ0v) is 12.9. The predicted molar refractivity (Wildman–Crippen MR) is 78.5 cm³/mol. The van der Waals surface area contributed by atoms with Crippen LogP contribution in [-0.2, 0) is 0 Å². The van der Waals surface area contributed by atoms with Crippen LogP contribution in [-0.4, -0.2) is 6.04 Å². The maximum Gasteiger partial charge on any atom is 0.139 e. The lowest BCUT2D eigenvalue weighted by Crippen LogP contribution is -2.30. The second-order valence-electron chi connectivity index (χ2n) is 6.16. The summed E-state index contributed by atoms with van der Waals surface area (Å²) in [5.74, 6) is -0.195. The fraction of sp³-hybridized carbons (Fsp3) is 0.600. The Labute approximate surface area is 117 Å². The van der Waals surface area contributed by atoms with E-state index in [1.54, 1.807) is 6.07 Å². The number of hydrogen-bond donors (Lipinski definition) is 1. The Morgan fingerprint density at radius 3 is 2.50 bits per heavy atom. The van der Waals surface area contributed by atoms with Gasteiger partial charge in [0.1, 0.15) is 5.82 Å². The molecule has 0 atom stereocenters. The minimum atomic E-state index is -0.195. The molecule has 0 unspecified atom stereocenters. The molecule has 1 aliphatic carbocycles. The van der Waals surface area contributed by atoms with Gasteiger partial charge in [0.2, 0.25) is 0 Å². The standard InChI is InChI=1S/C15H21BrFN/c1-10-8-12(16)13(17)9-14(10)18-11-4-6-15(2,3)7-5-11/h8-9,11,18H,4-7H2,1-3H3. The Kier molecular flexibility index (Phi) is 4.00. The van der Waals surface area contributed by atoms with Gasteiger partial charge >= 0.3 is 0 Å². The summed E-state index contributed by atoms with van der Waals surface area (Å²) in [4.78, 5) is 0. The number of anilines is 1. The smallest absolute Gasteiger partial charge is 0.139 e. The van der Waals surface area contributed by atoms with Crippen molar-refractivity contribution in [2.45, 2.75) is 52.5 Å². The van der Waals surface area contributed by atoms with Gasteiger partial charge in [0.05, 0.1) is 4.47 Å². The first kappa shape index (κ1) is 13.9. The highest BCUT2D eigenvalue weighted by atomic mass is 79.9. The van der Waals surface area contributed by atoms with Gasteiger partial charge in [-0.05, 0) is 71.6 Å². The first-order valence-electron chi connectivity index (χ1n) is 6.59. The summed E-state index contributed by atoms with van der Waals surface area (Å²) in [6, 6.07) is 3.92. The number of hydrogen-bond acceptors (Lipinski definition) is 1. The van der Waals surface area contributed by atoms with Crippen LogP contribution in [0, 0.1) is 18.2 Å². The summed E-state index contributed by atoms with van der Waals surface area (Å²) < 4.78 is 14.1. The lowest BCUT2D eigenvalue weighted by atomic mass is 9.75. The molecule has 1 fully saturated rings. The number of benzene rings is 1. The van der Waals surface area contributed by atoms with Gasteiger partial charge in [-0.2, -0.15) is 0 Å². The number of rotatable bonds is 2. The minimum absolute atomic E-state index is 0.195. The van der Waals surface area contributed by atoms with E-state index in [0.29, 0.717) is 15.9 Å². The van der Waals surface area contributed by atoms with Crippen LogP contribution in [0.25, 0.3) is 0 Å². The SMILES string of the molecule is Cc1cc(Br)c(F)cc1NC1CCC(C)(C)CC1. The van der Waals surface area contributed by atoms with E-state index in [9.17, 15) is 4.39 Å². The van der Waals surface area contributed by atoms with Gasteiger partial charge in [-0.3, -0.25) is 0 Å². The van der Waals surface area contributed by atoms with Gasteiger partial charge in [0, 0.05) is 11.7 Å². The molecular weight excluding hydrogens is 293 g/mol. The van der Waals surface area contributed by atoms with Crippen LogP contribution >= 0.6 is 15.9 Å². The van der Waals surface area contributed by atoms with Crippen molar-refractivity contribution in [3.05, 3.63) is 28.0 Å². The van der Waals surface area contributed by atoms with E-state index in [4.69, 9.17) is 0 Å². The highest BCUT2D eigenvalue weighted by Gasteiger charge is 2.26. The highest BCUT2D eigenvalue weighted by Crippen LogP contribution is 2.36. The number of aryl methyl sites for hydroxylation is 1. The molecule has 1 aliphatic rings. The summed E-state index contributed by atoms with van der Waals surface area (Å²) in [5, 5.41) is 3.49. The first-order valence-corrected chi connectivity index (χ1v) is 7.39. The average Bonchev–Trinajstić information content (AvgIpc) is 2.28. The maximum absolute atomic E-state index is 13.5. The second-order valence-corrected chi connectivity index (χ2v) is 7.02. The summed E-state index contributed by atoms with van der Waals surface area (Å²) in [7, 11) is 0. The van der Waals surface area contributed by atoms with Crippen LogP contribution in [0.4, 0.5) is 10.1 Å². The first-order chi connectivity index (χ1) is 8.37. The van der Waals surface area contributed by atoms with Crippen molar-refractivity contribution in [3.63, 3.8) is 0 Å². The van der Waals surface area contributed by atoms with Crippen LogP contribution in [0.2, 0.25) is 0 Å². The summed E-state index contributed by atoms with van der Waals surface area (Å²) >= 11 is 3.22. The third-order valence-electron chi connectivity index (χ3n) is 3.97. The molecule has 2 rings (SSSR count). The van der Waals surface area contributed by atoms with Crippen LogP contribution in [0.5, 0.6) is 0 Å². The van der Waals surface area contributed by atoms with E-state index in [-0.39, 0.29) is 5.82 Å². The largest absolute Gasteiger partial charge is 0.382 e. The van der Waals surface area contributed by atoms with E-state index in [1.165, 1.54) is 25.7 Å². The van der Waals surface area contributed by atoms with Crippen LogP contribution in [0.15, 0.2) is 16.6 Å². The van der Waals surface area contributed by atoms with Crippen molar-refractivity contribution in [1.82, 2.24) is 0 Å². The van der Waals surface area contributed by atoms with E-state index < -0.39 is 0 Å². The average molecular weight is 314 g/mol. The molecule has 0 radical (unpaired) electrons. The molecule has 0 aromatic heterocycles. The Balaban J connectivity index is 2.04. The Bertz CT molecular complexity index is 432. The van der Waals surface area contributed by atoms with Gasteiger partial charge in [0.25, 0.3) is 0 Å². The zero-order chi connectivity index (χ0) is 13.3. The second kappa shape index (κ2) is 5.20. The Morgan fingerprint density at radius 2 is 1.89 bits per heavy atom. The number of nitrogens with one attached hydrogen (secondary N) is 1.